The maximum atomic E-state index is 10.7. The second-order valence-electron chi connectivity index (χ2n) is 3.06. The van der Waals surface area contributed by atoms with Crippen molar-refractivity contribution in [3.8, 4) is 0 Å². The molecule has 16 heavy (non-hydrogen) atoms. The fraction of sp³-hybridized carbons (Fsp3) is 0.125. The molecule has 8 nitrogen and oxygen atoms in total. The lowest BCUT2D eigenvalue weighted by molar-refractivity contribution is -0.393. The fourth-order valence-electron chi connectivity index (χ4n) is 1.35. The van der Waals surface area contributed by atoms with Crippen LogP contribution in [0.3, 0.4) is 0 Å². The third-order valence-corrected chi connectivity index (χ3v) is 1.97. The summed E-state index contributed by atoms with van der Waals surface area (Å²) >= 11 is 0. The highest BCUT2D eigenvalue weighted by Gasteiger charge is 2.23. The normalized spacial score (nSPS) is 10.6. The highest BCUT2D eigenvalue weighted by molar-refractivity contribution is 5.85. The van der Waals surface area contributed by atoms with E-state index < -0.39 is 15.5 Å². The van der Waals surface area contributed by atoms with Crippen LogP contribution >= 0.6 is 0 Å². The molecule has 1 aromatic heterocycles. The minimum absolute atomic E-state index is 0.0481. The quantitative estimate of drug-likeness (QED) is 0.567. The molecule has 0 bridgehead atoms. The molecule has 82 valence electrons. The van der Waals surface area contributed by atoms with E-state index in [1.54, 1.807) is 0 Å². The Kier molecular flexibility index (Phi) is 2.04. The highest BCUT2D eigenvalue weighted by atomic mass is 16.6. The van der Waals surface area contributed by atoms with Gasteiger partial charge in [0.25, 0.3) is 5.69 Å². The molecule has 0 atom stereocenters. The molecule has 2 aromatic rings. The van der Waals surface area contributed by atoms with Crippen molar-refractivity contribution in [3.63, 3.8) is 0 Å². The number of rotatable bonds is 2. The molecule has 2 rings (SSSR count). The molecule has 0 radical (unpaired) electrons. The first-order valence-electron chi connectivity index (χ1n) is 4.19. The molecular formula is C8H5N3O5. The number of nitro benzene ring substituents is 2. The van der Waals surface area contributed by atoms with Crippen LogP contribution in [0.25, 0.3) is 11.1 Å². The van der Waals surface area contributed by atoms with Crippen LogP contribution in [0.15, 0.2) is 16.5 Å². The van der Waals surface area contributed by atoms with Gasteiger partial charge in [0.1, 0.15) is 5.52 Å². The number of oxazole rings is 1. The Bertz CT molecular complexity index is 603. The van der Waals surface area contributed by atoms with Gasteiger partial charge in [0, 0.05) is 13.0 Å². The highest BCUT2D eigenvalue weighted by Crippen LogP contribution is 2.31. The number of hydrogen-bond acceptors (Lipinski definition) is 6. The monoisotopic (exact) mass is 223 g/mol. The average molecular weight is 223 g/mol. The van der Waals surface area contributed by atoms with Crippen molar-refractivity contribution in [3.05, 3.63) is 38.3 Å². The van der Waals surface area contributed by atoms with Crippen LogP contribution in [0.2, 0.25) is 0 Å². The maximum Gasteiger partial charge on any atom is 0.320 e. The predicted molar refractivity (Wildman–Crippen MR) is 52.1 cm³/mol. The first kappa shape index (κ1) is 10.0. The summed E-state index contributed by atoms with van der Waals surface area (Å²) in [5.41, 5.74) is -0.774. The summed E-state index contributed by atoms with van der Waals surface area (Å²) in [7, 11) is 0. The average Bonchev–Trinajstić information content (AvgIpc) is 2.55. The Balaban J connectivity index is 2.83. The lowest BCUT2D eigenvalue weighted by Crippen LogP contribution is -1.93. The van der Waals surface area contributed by atoms with Crippen molar-refractivity contribution in [2.45, 2.75) is 6.92 Å². The van der Waals surface area contributed by atoms with Crippen molar-refractivity contribution in [2.75, 3.05) is 0 Å². The van der Waals surface area contributed by atoms with Crippen molar-refractivity contribution in [1.82, 2.24) is 4.98 Å². The van der Waals surface area contributed by atoms with Gasteiger partial charge >= 0.3 is 5.69 Å². The second-order valence-corrected chi connectivity index (χ2v) is 3.06. The van der Waals surface area contributed by atoms with Crippen LogP contribution < -0.4 is 0 Å². The molecule has 1 aromatic carbocycles. The van der Waals surface area contributed by atoms with Gasteiger partial charge < -0.3 is 4.42 Å². The Morgan fingerprint density at radius 1 is 1.25 bits per heavy atom. The standard InChI is InChI=1S/C8H5N3O5/c1-4-9-6-2-5(10(12)13)3-7(11(14)15)8(6)16-4/h2-3H,1H3. The molecule has 0 fully saturated rings. The summed E-state index contributed by atoms with van der Waals surface area (Å²) in [6.45, 7) is 1.51. The summed E-state index contributed by atoms with van der Waals surface area (Å²) in [5.74, 6) is 0.221. The summed E-state index contributed by atoms with van der Waals surface area (Å²) in [6.07, 6.45) is 0. The predicted octanol–water partition coefficient (Wildman–Crippen LogP) is 1.95. The van der Waals surface area contributed by atoms with Gasteiger partial charge in [-0.2, -0.15) is 0 Å². The molecular weight excluding hydrogens is 218 g/mol. The summed E-state index contributed by atoms with van der Waals surface area (Å²) in [4.78, 5) is 23.6. The Morgan fingerprint density at radius 2 is 1.94 bits per heavy atom. The number of aromatic nitrogens is 1. The zero-order valence-electron chi connectivity index (χ0n) is 8.04. The van der Waals surface area contributed by atoms with Crippen molar-refractivity contribution in [1.29, 1.82) is 0 Å². The van der Waals surface area contributed by atoms with Gasteiger partial charge in [0.05, 0.1) is 15.9 Å². The lowest BCUT2D eigenvalue weighted by atomic mass is 10.2. The Morgan fingerprint density at radius 3 is 2.50 bits per heavy atom. The number of hydrogen-bond donors (Lipinski definition) is 0. The lowest BCUT2D eigenvalue weighted by Gasteiger charge is -1.93. The van der Waals surface area contributed by atoms with Gasteiger partial charge in [0.2, 0.25) is 5.58 Å². The maximum absolute atomic E-state index is 10.7. The van der Waals surface area contributed by atoms with Crippen molar-refractivity contribution < 1.29 is 14.3 Å². The zero-order chi connectivity index (χ0) is 11.9. The first-order valence-corrected chi connectivity index (χ1v) is 4.19. The first-order chi connectivity index (χ1) is 7.49. The van der Waals surface area contributed by atoms with E-state index in [1.807, 2.05) is 0 Å². The molecule has 0 aliphatic heterocycles. The Labute approximate surface area is 87.8 Å². The van der Waals surface area contributed by atoms with E-state index in [1.165, 1.54) is 6.92 Å². The van der Waals surface area contributed by atoms with Crippen LogP contribution in [-0.4, -0.2) is 14.8 Å². The number of aryl methyl sites for hydroxylation is 1. The molecule has 0 amide bonds. The van der Waals surface area contributed by atoms with Crippen LogP contribution in [0.4, 0.5) is 11.4 Å². The fourth-order valence-corrected chi connectivity index (χ4v) is 1.35. The van der Waals surface area contributed by atoms with Crippen LogP contribution in [-0.2, 0) is 0 Å². The van der Waals surface area contributed by atoms with Crippen molar-refractivity contribution in [2.24, 2.45) is 0 Å². The van der Waals surface area contributed by atoms with Gasteiger partial charge in [-0.05, 0) is 0 Å². The van der Waals surface area contributed by atoms with Gasteiger partial charge in [-0.25, -0.2) is 4.98 Å². The molecule has 1 heterocycles. The molecule has 0 unspecified atom stereocenters. The SMILES string of the molecule is Cc1nc2cc([N+](=O)[O-])cc([N+](=O)[O-])c2o1. The van der Waals surface area contributed by atoms with Crippen LogP contribution in [0.5, 0.6) is 0 Å². The smallest absolute Gasteiger partial charge is 0.320 e. The van der Waals surface area contributed by atoms with Gasteiger partial charge in [-0.3, -0.25) is 20.2 Å². The summed E-state index contributed by atoms with van der Waals surface area (Å²) in [5, 5.41) is 21.2. The van der Waals surface area contributed by atoms with Crippen LogP contribution in [0.1, 0.15) is 5.89 Å². The topological polar surface area (TPSA) is 112 Å². The van der Waals surface area contributed by atoms with E-state index in [2.05, 4.69) is 4.98 Å². The van der Waals surface area contributed by atoms with E-state index in [0.29, 0.717) is 0 Å². The number of nitro groups is 2. The third-order valence-electron chi connectivity index (χ3n) is 1.97. The van der Waals surface area contributed by atoms with E-state index in [9.17, 15) is 20.2 Å². The molecule has 0 saturated heterocycles. The van der Waals surface area contributed by atoms with E-state index in [4.69, 9.17) is 4.42 Å². The summed E-state index contributed by atoms with van der Waals surface area (Å²) < 4.78 is 5.02. The van der Waals surface area contributed by atoms with Crippen molar-refractivity contribution >= 4 is 22.5 Å². The zero-order valence-corrected chi connectivity index (χ0v) is 8.04. The largest absolute Gasteiger partial charge is 0.434 e. The third kappa shape index (κ3) is 1.45. The minimum atomic E-state index is -0.736. The number of benzene rings is 1. The number of non-ortho nitro benzene ring substituents is 2. The van der Waals surface area contributed by atoms with E-state index in [-0.39, 0.29) is 22.7 Å². The molecule has 0 aliphatic rings. The minimum Gasteiger partial charge on any atom is -0.434 e. The number of fused-ring (bicyclic) bond motifs is 1. The van der Waals surface area contributed by atoms with Gasteiger partial charge in [0.15, 0.2) is 5.89 Å². The Hall–Kier alpha value is -2.51. The second kappa shape index (κ2) is 3.26. The van der Waals surface area contributed by atoms with E-state index >= 15 is 0 Å². The molecule has 8 heteroatoms. The van der Waals surface area contributed by atoms with E-state index in [0.717, 1.165) is 12.1 Å². The number of nitrogens with zero attached hydrogens (tertiary/aromatic N) is 3. The summed E-state index contributed by atoms with van der Waals surface area (Å²) in [6, 6.07) is 1.99. The molecule has 0 spiro atoms. The molecule has 0 saturated carbocycles. The molecule has 0 aliphatic carbocycles. The molecule has 0 N–H and O–H groups in total. The van der Waals surface area contributed by atoms with Crippen LogP contribution in [0, 0.1) is 27.2 Å². The van der Waals surface area contributed by atoms with Gasteiger partial charge in [-0.15, -0.1) is 0 Å². The van der Waals surface area contributed by atoms with Gasteiger partial charge in [-0.1, -0.05) is 0 Å².